The highest BCUT2D eigenvalue weighted by Gasteiger charge is 2.35. The zero-order valence-electron chi connectivity index (χ0n) is 18.2. The number of hydrogen-bond donors (Lipinski definition) is 1. The van der Waals surface area contributed by atoms with Gasteiger partial charge >= 0.3 is 5.97 Å². The van der Waals surface area contributed by atoms with Crippen molar-refractivity contribution in [2.75, 3.05) is 6.61 Å². The Balaban J connectivity index is 1.60. The number of pyridine rings is 1. The molecule has 0 radical (unpaired) electrons. The Morgan fingerprint density at radius 1 is 1.25 bits per heavy atom. The van der Waals surface area contributed by atoms with Crippen LogP contribution in [-0.4, -0.2) is 38.8 Å². The van der Waals surface area contributed by atoms with Gasteiger partial charge in [0, 0.05) is 11.6 Å². The van der Waals surface area contributed by atoms with Gasteiger partial charge in [0.15, 0.2) is 12.3 Å². The number of carbonyl (C=O) groups is 2. The summed E-state index contributed by atoms with van der Waals surface area (Å²) >= 11 is 0. The predicted octanol–water partition coefficient (Wildman–Crippen LogP) is 3.79. The van der Waals surface area contributed by atoms with Crippen LogP contribution in [0.4, 0.5) is 0 Å². The summed E-state index contributed by atoms with van der Waals surface area (Å²) in [4.78, 5) is 30.1. The molecule has 0 unspecified atom stereocenters. The number of nitrogens with one attached hydrogen (secondary N) is 1. The molecule has 0 spiro atoms. The summed E-state index contributed by atoms with van der Waals surface area (Å²) in [6.45, 7) is 3.52. The van der Waals surface area contributed by atoms with Gasteiger partial charge in [-0.3, -0.25) is 4.79 Å². The highest BCUT2D eigenvalue weighted by molar-refractivity contribution is 6.04. The molecule has 1 aliphatic rings. The van der Waals surface area contributed by atoms with E-state index in [0.717, 1.165) is 18.4 Å². The Morgan fingerprint density at radius 2 is 1.97 bits per heavy atom. The van der Waals surface area contributed by atoms with E-state index >= 15 is 0 Å². The maximum atomic E-state index is 13.0. The van der Waals surface area contributed by atoms with Gasteiger partial charge in [-0.1, -0.05) is 30.3 Å². The number of carbonyl (C=O) groups excluding carboxylic acids is 2. The maximum absolute atomic E-state index is 13.0. The van der Waals surface area contributed by atoms with Crippen molar-refractivity contribution in [3.63, 3.8) is 0 Å². The molecule has 164 valence electrons. The Kier molecular flexibility index (Phi) is 5.91. The molecule has 1 saturated carbocycles. The van der Waals surface area contributed by atoms with E-state index in [-0.39, 0.29) is 6.04 Å². The molecule has 1 aliphatic carbocycles. The first-order chi connectivity index (χ1) is 15.4. The average molecular weight is 431 g/mol. The molecular formula is C24H25N5O3. The number of hydrogen-bond acceptors (Lipinski definition) is 6. The molecule has 0 aliphatic heterocycles. The van der Waals surface area contributed by atoms with E-state index in [4.69, 9.17) is 9.72 Å². The van der Waals surface area contributed by atoms with Crippen molar-refractivity contribution in [2.24, 2.45) is 0 Å². The zero-order valence-corrected chi connectivity index (χ0v) is 18.2. The molecule has 0 bridgehead atoms. The second-order valence-corrected chi connectivity index (χ2v) is 8.37. The molecule has 0 saturated heterocycles. The topological polar surface area (TPSA) is 110 Å². The smallest absolute Gasteiger partial charge is 0.339 e. The molecule has 8 nitrogen and oxygen atoms in total. The van der Waals surface area contributed by atoms with Crippen molar-refractivity contribution >= 4 is 22.9 Å². The maximum Gasteiger partial charge on any atom is 0.339 e. The minimum atomic E-state index is -0.855. The molecule has 2 aromatic heterocycles. The fourth-order valence-corrected chi connectivity index (χ4v) is 4.08. The summed E-state index contributed by atoms with van der Waals surface area (Å²) < 4.78 is 7.09. The molecule has 1 N–H and O–H groups in total. The lowest BCUT2D eigenvalue weighted by atomic mass is 10.00. The number of esters is 1. The monoisotopic (exact) mass is 431 g/mol. The summed E-state index contributed by atoms with van der Waals surface area (Å²) in [5, 5.41) is 17.1. The van der Waals surface area contributed by atoms with Crippen LogP contribution in [0, 0.1) is 11.3 Å². The SMILES string of the molecule is CC(C)n1ncc2c(C(=O)OCC(=O)NC3(C#N)CCCC3)cc(-c3ccccc3)nc21. The third-order valence-electron chi connectivity index (χ3n) is 5.73. The molecule has 3 aromatic rings. The number of amides is 1. The zero-order chi connectivity index (χ0) is 22.7. The average Bonchev–Trinajstić information content (AvgIpc) is 3.45. The molecule has 1 fully saturated rings. The van der Waals surface area contributed by atoms with E-state index in [1.165, 1.54) is 0 Å². The van der Waals surface area contributed by atoms with Gasteiger partial charge in [0.25, 0.3) is 5.91 Å². The number of nitriles is 1. The molecule has 32 heavy (non-hydrogen) atoms. The van der Waals surface area contributed by atoms with Crippen molar-refractivity contribution < 1.29 is 14.3 Å². The largest absolute Gasteiger partial charge is 0.452 e. The second-order valence-electron chi connectivity index (χ2n) is 8.37. The van der Waals surface area contributed by atoms with Gasteiger partial charge in [0.1, 0.15) is 5.54 Å². The molecule has 8 heteroatoms. The first-order valence-electron chi connectivity index (χ1n) is 10.8. The second kappa shape index (κ2) is 8.79. The van der Waals surface area contributed by atoms with E-state index in [9.17, 15) is 14.9 Å². The quantitative estimate of drug-likeness (QED) is 0.595. The van der Waals surface area contributed by atoms with Gasteiger partial charge in [0.2, 0.25) is 0 Å². The van der Waals surface area contributed by atoms with Crippen LogP contribution < -0.4 is 5.32 Å². The van der Waals surface area contributed by atoms with Gasteiger partial charge in [-0.2, -0.15) is 10.4 Å². The highest BCUT2D eigenvalue weighted by Crippen LogP contribution is 2.29. The van der Waals surface area contributed by atoms with E-state index in [1.54, 1.807) is 16.9 Å². The summed E-state index contributed by atoms with van der Waals surface area (Å²) in [6.07, 6.45) is 4.61. The van der Waals surface area contributed by atoms with E-state index in [1.807, 2.05) is 44.2 Å². The molecule has 2 heterocycles. The van der Waals surface area contributed by atoms with Crippen molar-refractivity contribution in [2.45, 2.75) is 51.1 Å². The summed E-state index contributed by atoms with van der Waals surface area (Å²) in [6, 6.07) is 13.4. The fraction of sp³-hybridized carbons (Fsp3) is 0.375. The van der Waals surface area contributed by atoms with Crippen LogP contribution in [0.1, 0.15) is 55.9 Å². The standard InChI is InChI=1S/C24H25N5O3/c1-16(2)29-22-19(13-26-29)18(12-20(27-22)17-8-4-3-5-9-17)23(31)32-14-21(30)28-24(15-25)10-6-7-11-24/h3-5,8-9,12-13,16H,6-7,10-11,14H2,1-2H3,(H,28,30). The van der Waals surface area contributed by atoms with Crippen molar-refractivity contribution in [3.05, 3.63) is 48.2 Å². The van der Waals surface area contributed by atoms with Crippen molar-refractivity contribution in [1.29, 1.82) is 5.26 Å². The van der Waals surface area contributed by atoms with Gasteiger partial charge < -0.3 is 10.1 Å². The van der Waals surface area contributed by atoms with E-state index in [2.05, 4.69) is 16.5 Å². The van der Waals surface area contributed by atoms with Gasteiger partial charge in [-0.25, -0.2) is 14.5 Å². The lowest BCUT2D eigenvalue weighted by Crippen LogP contribution is -2.46. The number of fused-ring (bicyclic) bond motifs is 1. The fourth-order valence-electron chi connectivity index (χ4n) is 4.08. The minimum absolute atomic E-state index is 0.0502. The van der Waals surface area contributed by atoms with Crippen LogP contribution in [0.25, 0.3) is 22.3 Å². The number of rotatable bonds is 6. The third kappa shape index (κ3) is 4.19. The number of ether oxygens (including phenoxy) is 1. The lowest BCUT2D eigenvalue weighted by molar-refractivity contribution is -0.125. The number of aromatic nitrogens is 3. The predicted molar refractivity (Wildman–Crippen MR) is 119 cm³/mol. The number of nitrogens with zero attached hydrogens (tertiary/aromatic N) is 4. The summed E-state index contributed by atoms with van der Waals surface area (Å²) in [7, 11) is 0. The van der Waals surface area contributed by atoms with Crippen molar-refractivity contribution in [3.8, 4) is 17.3 Å². The third-order valence-corrected chi connectivity index (χ3v) is 5.73. The first-order valence-corrected chi connectivity index (χ1v) is 10.8. The lowest BCUT2D eigenvalue weighted by Gasteiger charge is -2.21. The van der Waals surface area contributed by atoms with Gasteiger partial charge in [-0.15, -0.1) is 0 Å². The molecule has 0 atom stereocenters. The molecule has 1 amide bonds. The minimum Gasteiger partial charge on any atom is -0.452 e. The first kappa shape index (κ1) is 21.5. The van der Waals surface area contributed by atoms with Crippen LogP contribution >= 0.6 is 0 Å². The summed E-state index contributed by atoms with van der Waals surface area (Å²) in [5.41, 5.74) is 1.49. The van der Waals surface area contributed by atoms with E-state index in [0.29, 0.717) is 35.1 Å². The van der Waals surface area contributed by atoms with Gasteiger partial charge in [-0.05, 0) is 45.6 Å². The molecule has 1 aromatic carbocycles. The van der Waals surface area contributed by atoms with Crippen molar-refractivity contribution in [1.82, 2.24) is 20.1 Å². The molecule has 4 rings (SSSR count). The summed E-state index contributed by atoms with van der Waals surface area (Å²) in [5.74, 6) is -1.11. The Bertz CT molecular complexity index is 1190. The van der Waals surface area contributed by atoms with Crippen LogP contribution in [0.5, 0.6) is 0 Å². The normalized spacial score (nSPS) is 14.9. The van der Waals surface area contributed by atoms with Gasteiger partial charge in [0.05, 0.1) is 28.9 Å². The van der Waals surface area contributed by atoms with Crippen LogP contribution in [-0.2, 0) is 9.53 Å². The number of benzene rings is 1. The Hall–Kier alpha value is -3.73. The van der Waals surface area contributed by atoms with E-state index < -0.39 is 24.0 Å². The highest BCUT2D eigenvalue weighted by atomic mass is 16.5. The Labute approximate surface area is 186 Å². The molecular weight excluding hydrogens is 406 g/mol. The van der Waals surface area contributed by atoms with Crippen LogP contribution in [0.2, 0.25) is 0 Å². The Morgan fingerprint density at radius 3 is 2.62 bits per heavy atom. The van der Waals surface area contributed by atoms with Crippen LogP contribution in [0.15, 0.2) is 42.6 Å². The van der Waals surface area contributed by atoms with Crippen LogP contribution in [0.3, 0.4) is 0 Å².